The van der Waals surface area contributed by atoms with Gasteiger partial charge >= 0.3 is 0 Å². The SMILES string of the molecule is CC12CCCCCC(=O)NC(C(=O)NCCCCCC(=O)NN)CNC(=O)CCCCC[NH+]3c4ccc(S(=O)(=O)[O-])cc4C(C)(C)C3/C=C/C=C1N(CCCS(=O)(=O)O)c1ccc(S(=O)(=O)O)cc12. The van der Waals surface area contributed by atoms with Crippen molar-refractivity contribution in [3.8, 4) is 0 Å². The summed E-state index contributed by atoms with van der Waals surface area (Å²) in [4.78, 5) is 53.4. The summed E-state index contributed by atoms with van der Waals surface area (Å²) in [6, 6.07) is 7.24. The van der Waals surface area contributed by atoms with Crippen molar-refractivity contribution in [1.29, 1.82) is 0 Å². The highest BCUT2D eigenvalue weighted by Gasteiger charge is 2.48. The van der Waals surface area contributed by atoms with E-state index in [-0.39, 0.29) is 73.0 Å². The Morgan fingerprint density at radius 1 is 0.870 bits per heavy atom. The lowest BCUT2D eigenvalue weighted by Crippen LogP contribution is -3.10. The number of nitrogens with two attached hydrogens (primary N) is 1. The van der Waals surface area contributed by atoms with E-state index in [2.05, 4.69) is 21.4 Å². The van der Waals surface area contributed by atoms with Gasteiger partial charge in [-0.3, -0.25) is 38.6 Å². The van der Waals surface area contributed by atoms with Crippen molar-refractivity contribution in [3.63, 3.8) is 0 Å². The molecule has 4 amide bonds. The van der Waals surface area contributed by atoms with Crippen LogP contribution in [0.3, 0.4) is 0 Å². The molecule has 0 saturated carbocycles. The van der Waals surface area contributed by atoms with Crippen LogP contribution in [0, 0.1) is 0 Å². The van der Waals surface area contributed by atoms with Crippen molar-refractivity contribution in [2.75, 3.05) is 36.8 Å². The molecule has 5 rings (SSSR count). The fraction of sp³-hybridized carbons (Fsp3) is 0.565. The number of hydrazine groups is 1. The number of carbonyl (C=O) groups excluding carboxylic acids is 4. The van der Waals surface area contributed by atoms with Crippen molar-refractivity contribution < 1.29 is 63.0 Å². The van der Waals surface area contributed by atoms with Crippen molar-refractivity contribution in [1.82, 2.24) is 21.4 Å². The minimum absolute atomic E-state index is 0.00781. The lowest BCUT2D eigenvalue weighted by Gasteiger charge is -2.31. The van der Waals surface area contributed by atoms with E-state index < -0.39 is 64.8 Å². The predicted molar refractivity (Wildman–Crippen MR) is 256 cm³/mol. The molecule has 0 radical (unpaired) electrons. The Morgan fingerprint density at radius 3 is 2.23 bits per heavy atom. The van der Waals surface area contributed by atoms with Crippen LogP contribution in [0.4, 0.5) is 11.4 Å². The van der Waals surface area contributed by atoms with Gasteiger partial charge in [0.25, 0.3) is 20.2 Å². The number of carbonyl (C=O) groups is 4. The molecule has 9 N–H and O–H groups in total. The number of hydrogen-bond acceptors (Lipinski definition) is 13. The number of allylic oxidation sites excluding steroid dienone is 3. The first-order chi connectivity index (χ1) is 32.4. The van der Waals surface area contributed by atoms with Crippen LogP contribution in [-0.2, 0) is 60.4 Å². The van der Waals surface area contributed by atoms with Gasteiger partial charge in [0, 0.05) is 67.3 Å². The zero-order valence-electron chi connectivity index (χ0n) is 39.4. The summed E-state index contributed by atoms with van der Waals surface area (Å²) >= 11 is 0. The highest BCUT2D eigenvalue weighted by Crippen LogP contribution is 2.51. The van der Waals surface area contributed by atoms with Crippen LogP contribution < -0.4 is 37.0 Å². The summed E-state index contributed by atoms with van der Waals surface area (Å²) in [5.41, 5.74) is 3.73. The number of fused-ring (bicyclic) bond motifs is 6. The summed E-state index contributed by atoms with van der Waals surface area (Å²) in [5.74, 6) is 3.12. The second kappa shape index (κ2) is 23.4. The van der Waals surface area contributed by atoms with Crippen molar-refractivity contribution in [2.45, 2.75) is 143 Å². The van der Waals surface area contributed by atoms with Gasteiger partial charge in [0.05, 0.1) is 27.5 Å². The number of unbranched alkanes of at least 4 members (excludes halogenated alkanes) is 2. The van der Waals surface area contributed by atoms with Gasteiger partial charge in [0.15, 0.2) is 0 Å². The molecule has 20 nitrogen and oxygen atoms in total. The van der Waals surface area contributed by atoms with Gasteiger partial charge in [0.1, 0.15) is 27.9 Å². The summed E-state index contributed by atoms with van der Waals surface area (Å²) in [6.45, 7) is 6.65. The van der Waals surface area contributed by atoms with E-state index in [1.54, 1.807) is 12.1 Å². The largest absolute Gasteiger partial charge is 0.744 e. The maximum Gasteiger partial charge on any atom is 0.294 e. The molecule has 0 spiro atoms. The maximum atomic E-state index is 13.4. The Hall–Kier alpha value is -4.75. The molecule has 2 aromatic rings. The fourth-order valence-electron chi connectivity index (χ4n) is 9.76. The first kappa shape index (κ1) is 55.2. The maximum absolute atomic E-state index is 13.4. The minimum atomic E-state index is -4.78. The van der Waals surface area contributed by atoms with Crippen LogP contribution in [0.15, 0.2) is 70.1 Å². The van der Waals surface area contributed by atoms with E-state index in [4.69, 9.17) is 5.84 Å². The number of nitrogens with zero attached hydrogens (tertiary/aromatic N) is 1. The molecular formula is C46H67N7O13S3. The molecule has 0 aromatic heterocycles. The normalized spacial score (nSPS) is 23.5. The van der Waals surface area contributed by atoms with Crippen molar-refractivity contribution >= 4 is 65.4 Å². The van der Waals surface area contributed by atoms with Gasteiger partial charge in [-0.05, 0) is 120 Å². The van der Waals surface area contributed by atoms with E-state index >= 15 is 0 Å². The number of quaternary nitrogens is 1. The van der Waals surface area contributed by atoms with Crippen LogP contribution in [0.5, 0.6) is 0 Å². The number of nitrogens with one attached hydrogen (secondary N) is 5. The number of rotatable bonds is 13. The number of anilines is 1. The standard InChI is InChI=1S/C46H67N7O13S3/c1-45(2)34-29-32(68(61,62)63)20-22-37(34)52-26-12-6-9-17-41(54)49-31-36(44(57)48-25-11-5-8-19-43(56)51-47)50-42(55)18-7-4-10-24-46(3)35-30-33(69(64,65)66)21-23-38(35)53(27-14-28-67(58,59)60)40(46)16-13-15-39(45)52/h13,15-16,20-23,29-30,36,39H,4-12,14,17-19,24-28,31,47H2,1-3H3,(H,48,57)(H,49,54)(H,50,55)(H,51,56)(H,58,59,60)(H,61,62,63)(H,64,65,66)/b15-13+,40-16?. The van der Waals surface area contributed by atoms with E-state index in [1.807, 2.05) is 43.9 Å². The molecule has 69 heavy (non-hydrogen) atoms. The Kier molecular flexibility index (Phi) is 18.7. The average Bonchev–Trinajstić information content (AvgIpc) is 3.62. The number of hydrogen-bond donors (Lipinski definition) is 8. The third-order valence-electron chi connectivity index (χ3n) is 13.4. The molecule has 0 fully saturated rings. The summed E-state index contributed by atoms with van der Waals surface area (Å²) in [6.07, 6.45) is 11.6. The summed E-state index contributed by atoms with van der Waals surface area (Å²) < 4.78 is 105. The Bertz CT molecular complexity index is 2620. The molecular weight excluding hydrogens is 955 g/mol. The molecule has 0 aliphatic carbocycles. The van der Waals surface area contributed by atoms with Crippen molar-refractivity contribution in [2.24, 2.45) is 5.84 Å². The summed E-state index contributed by atoms with van der Waals surface area (Å²) in [7, 11) is -13.8. The second-order valence-electron chi connectivity index (χ2n) is 18.8. The highest BCUT2D eigenvalue weighted by atomic mass is 32.2. The Labute approximate surface area is 405 Å². The predicted octanol–water partition coefficient (Wildman–Crippen LogP) is 2.30. The number of benzene rings is 2. The fourth-order valence-corrected chi connectivity index (χ4v) is 11.3. The Balaban J connectivity index is 1.49. The first-order valence-corrected chi connectivity index (χ1v) is 27.9. The Morgan fingerprint density at radius 2 is 1.55 bits per heavy atom. The van der Waals surface area contributed by atoms with E-state index in [0.29, 0.717) is 93.3 Å². The van der Waals surface area contributed by atoms with E-state index in [9.17, 15) is 58.1 Å². The van der Waals surface area contributed by atoms with E-state index in [0.717, 1.165) is 10.6 Å². The quantitative estimate of drug-likeness (QED) is 0.0469. The third kappa shape index (κ3) is 14.7. The average molecular weight is 1020 g/mol. The van der Waals surface area contributed by atoms with Gasteiger partial charge in [-0.2, -0.15) is 16.8 Å². The second-order valence-corrected chi connectivity index (χ2v) is 23.2. The van der Waals surface area contributed by atoms with Crippen LogP contribution >= 0.6 is 0 Å². The zero-order chi connectivity index (χ0) is 50.8. The third-order valence-corrected chi connectivity index (χ3v) is 15.9. The zero-order valence-corrected chi connectivity index (χ0v) is 41.9. The van der Waals surface area contributed by atoms with Crippen LogP contribution in [-0.4, -0.2) is 107 Å². The molecule has 0 saturated heterocycles. The lowest BCUT2D eigenvalue weighted by atomic mass is 9.76. The highest BCUT2D eigenvalue weighted by molar-refractivity contribution is 7.86. The van der Waals surface area contributed by atoms with Gasteiger partial charge in [0.2, 0.25) is 23.6 Å². The molecule has 3 aliphatic heterocycles. The van der Waals surface area contributed by atoms with Gasteiger partial charge in [-0.1, -0.05) is 25.3 Å². The lowest BCUT2D eigenvalue weighted by molar-refractivity contribution is -0.850. The van der Waals surface area contributed by atoms with E-state index in [1.165, 1.54) is 24.3 Å². The topological polar surface area (TPSA) is 316 Å². The summed E-state index contributed by atoms with van der Waals surface area (Å²) in [5, 5.41) is 8.37. The minimum Gasteiger partial charge on any atom is -0.744 e. The molecule has 23 heteroatoms. The molecule has 3 aliphatic rings. The smallest absolute Gasteiger partial charge is 0.294 e. The molecule has 0 bridgehead atoms. The van der Waals surface area contributed by atoms with Crippen molar-refractivity contribution in [3.05, 3.63) is 71.5 Å². The van der Waals surface area contributed by atoms with Gasteiger partial charge < -0.3 is 25.4 Å². The molecule has 2 aromatic carbocycles. The molecule has 3 heterocycles. The molecule has 382 valence electrons. The van der Waals surface area contributed by atoms with Crippen LogP contribution in [0.2, 0.25) is 0 Å². The van der Waals surface area contributed by atoms with Gasteiger partial charge in [-0.25, -0.2) is 14.3 Å². The first-order valence-electron chi connectivity index (χ1n) is 23.4. The van der Waals surface area contributed by atoms with Crippen LogP contribution in [0.1, 0.15) is 122 Å². The monoisotopic (exact) mass is 1020 g/mol. The number of amides is 4. The van der Waals surface area contributed by atoms with Gasteiger partial charge in [-0.15, -0.1) is 0 Å². The van der Waals surface area contributed by atoms with Crippen LogP contribution in [0.25, 0.3) is 0 Å². The molecule has 4 atom stereocenters. The molecule has 4 unspecified atom stereocenters.